The first-order valence-electron chi connectivity index (χ1n) is 13.5. The standard InChI is InChI=1S/C27H40N2O8P2S/c1-5-8-14-27(6-2)18-40(34,35)25-15-22(17-29(19-38(30)31)20-39(32,33)37-7-3)24(36-4)16-23(25)26(28-27)21-12-10-9-11-13-21/h9-13,15-16,26,28H,5-8,14,17-20H2,1-4H3,(H-,30,31,32,33)/p+1/t26-,27-/m1/s1. The van der Waals surface area contributed by atoms with Gasteiger partial charge in [-0.2, -0.15) is 4.89 Å². The maximum atomic E-state index is 14.1. The topological polar surface area (TPSA) is 142 Å². The fraction of sp³-hybridized carbons (Fsp3) is 0.556. The molecule has 10 nitrogen and oxygen atoms in total. The highest BCUT2D eigenvalue weighted by atomic mass is 32.2. The van der Waals surface area contributed by atoms with Crippen LogP contribution in [0.5, 0.6) is 5.75 Å². The minimum Gasteiger partial charge on any atom is -0.496 e. The molecule has 0 aliphatic carbocycles. The van der Waals surface area contributed by atoms with E-state index in [-0.39, 0.29) is 23.8 Å². The largest absolute Gasteiger partial charge is 0.521 e. The van der Waals surface area contributed by atoms with Crippen LogP contribution in [0.2, 0.25) is 0 Å². The molecular weight excluding hydrogens is 574 g/mol. The van der Waals surface area contributed by atoms with E-state index in [4.69, 9.17) is 9.26 Å². The van der Waals surface area contributed by atoms with Crippen molar-refractivity contribution in [3.8, 4) is 5.75 Å². The highest BCUT2D eigenvalue weighted by molar-refractivity contribution is 7.91. The smallest absolute Gasteiger partial charge is 0.496 e. The number of benzene rings is 2. The second kappa shape index (κ2) is 14.0. The van der Waals surface area contributed by atoms with Gasteiger partial charge in [-0.1, -0.05) is 57.0 Å². The van der Waals surface area contributed by atoms with Gasteiger partial charge in [0, 0.05) is 17.6 Å². The maximum Gasteiger partial charge on any atom is 0.521 e. The molecule has 0 radical (unpaired) electrons. The van der Waals surface area contributed by atoms with Gasteiger partial charge in [0.25, 0.3) is 0 Å². The molecule has 4 atom stereocenters. The highest BCUT2D eigenvalue weighted by Crippen LogP contribution is 2.45. The molecule has 0 aromatic heterocycles. The molecule has 1 aliphatic heterocycles. The summed E-state index contributed by atoms with van der Waals surface area (Å²) < 4.78 is 63.0. The molecule has 13 heteroatoms. The molecule has 3 rings (SSSR count). The fourth-order valence-electron chi connectivity index (χ4n) is 5.29. The van der Waals surface area contributed by atoms with Crippen molar-refractivity contribution >= 4 is 25.5 Å². The Balaban J connectivity index is 2.18. The molecule has 0 amide bonds. The van der Waals surface area contributed by atoms with Crippen LogP contribution in [0.1, 0.15) is 69.2 Å². The lowest BCUT2D eigenvalue weighted by Gasteiger charge is -2.36. The monoisotopic (exact) mass is 615 g/mol. The molecule has 0 saturated carbocycles. The molecular formula is C27H41N2O8P2S+. The molecule has 2 unspecified atom stereocenters. The normalized spacial score (nSPS) is 22.3. The molecule has 2 aromatic rings. The lowest BCUT2D eigenvalue weighted by Crippen LogP contribution is -2.50. The molecule has 0 spiro atoms. The number of unbranched alkanes of at least 4 members (excludes halogenated alkanes) is 1. The van der Waals surface area contributed by atoms with Crippen LogP contribution in [0, 0.1) is 0 Å². The summed E-state index contributed by atoms with van der Waals surface area (Å²) in [5.41, 5.74) is 1.24. The van der Waals surface area contributed by atoms with E-state index < -0.39 is 49.6 Å². The third kappa shape index (κ3) is 8.20. The number of sulfone groups is 1. The van der Waals surface area contributed by atoms with Crippen molar-refractivity contribution in [2.75, 3.05) is 32.0 Å². The maximum absolute atomic E-state index is 14.1. The number of methoxy groups -OCH3 is 1. The zero-order valence-electron chi connectivity index (χ0n) is 23.6. The Kier molecular flexibility index (Phi) is 11.5. The van der Waals surface area contributed by atoms with Gasteiger partial charge in [0.1, 0.15) is 12.0 Å². The van der Waals surface area contributed by atoms with E-state index >= 15 is 0 Å². The summed E-state index contributed by atoms with van der Waals surface area (Å²) in [6.07, 6.45) is 2.22. The molecule has 40 heavy (non-hydrogen) atoms. The summed E-state index contributed by atoms with van der Waals surface area (Å²) in [6.45, 7) is 5.56. The summed E-state index contributed by atoms with van der Waals surface area (Å²) in [7, 11) is -9.10. The Bertz CT molecular complexity index is 1330. The van der Waals surface area contributed by atoms with Crippen LogP contribution < -0.4 is 10.1 Å². The molecule has 3 N–H and O–H groups in total. The van der Waals surface area contributed by atoms with Crippen LogP contribution in [-0.2, 0) is 30.0 Å². The van der Waals surface area contributed by atoms with Crippen molar-refractivity contribution in [2.24, 2.45) is 0 Å². The van der Waals surface area contributed by atoms with Gasteiger partial charge in [-0.05, 0) is 47.6 Å². The summed E-state index contributed by atoms with van der Waals surface area (Å²) >= 11 is 0. The predicted octanol–water partition coefficient (Wildman–Crippen LogP) is 5.17. The summed E-state index contributed by atoms with van der Waals surface area (Å²) in [6, 6.07) is 12.5. The third-order valence-corrected chi connectivity index (χ3v) is 11.2. The Morgan fingerprint density at radius 1 is 1.20 bits per heavy atom. The first-order valence-corrected chi connectivity index (χ1v) is 18.3. The molecule has 1 heterocycles. The van der Waals surface area contributed by atoms with Gasteiger partial charge >= 0.3 is 15.6 Å². The van der Waals surface area contributed by atoms with E-state index in [1.165, 1.54) is 12.0 Å². The summed E-state index contributed by atoms with van der Waals surface area (Å²) in [5.74, 6) is 0.289. The van der Waals surface area contributed by atoms with Gasteiger partial charge in [0.05, 0.1) is 30.4 Å². The number of rotatable bonds is 14. The van der Waals surface area contributed by atoms with Crippen molar-refractivity contribution in [1.29, 1.82) is 0 Å². The zero-order valence-corrected chi connectivity index (χ0v) is 26.2. The van der Waals surface area contributed by atoms with Gasteiger partial charge < -0.3 is 14.2 Å². The van der Waals surface area contributed by atoms with E-state index in [0.717, 1.165) is 18.4 Å². The Hall–Kier alpha value is -1.68. The molecule has 222 valence electrons. The number of nitrogens with one attached hydrogen (secondary N) is 1. The first kappa shape index (κ1) is 32.8. The Morgan fingerprint density at radius 2 is 1.90 bits per heavy atom. The highest BCUT2D eigenvalue weighted by Gasteiger charge is 2.42. The second-order valence-electron chi connectivity index (χ2n) is 10.2. The number of hydrogen-bond donors (Lipinski definition) is 3. The van der Waals surface area contributed by atoms with Gasteiger partial charge in [0.2, 0.25) is 6.29 Å². The third-order valence-electron chi connectivity index (χ3n) is 7.22. The number of nitrogens with zero attached hydrogens (tertiary/aromatic N) is 1. The van der Waals surface area contributed by atoms with E-state index in [1.807, 2.05) is 37.3 Å². The van der Waals surface area contributed by atoms with Gasteiger partial charge in [0.15, 0.2) is 9.84 Å². The summed E-state index contributed by atoms with van der Waals surface area (Å²) in [5, 5.41) is 3.72. The SMILES string of the molecule is CCCC[C@]1(CC)CS(=O)(=O)c2cc(CN(C[P+](=O)O)CP(=O)(O)OCC)c(OC)cc2[C@@H](c2ccccc2)N1. The first-order chi connectivity index (χ1) is 18.9. The number of fused-ring (bicyclic) bond motifs is 1. The number of ether oxygens (including phenoxy) is 1. The van der Waals surface area contributed by atoms with Crippen LogP contribution in [0.4, 0.5) is 0 Å². The van der Waals surface area contributed by atoms with Crippen molar-refractivity contribution in [1.82, 2.24) is 10.2 Å². The quantitative estimate of drug-likeness (QED) is 0.244. The van der Waals surface area contributed by atoms with E-state index in [1.54, 1.807) is 19.1 Å². The minimum atomic E-state index is -4.09. The lowest BCUT2D eigenvalue weighted by molar-refractivity contribution is 0.240. The van der Waals surface area contributed by atoms with Crippen LogP contribution in [-0.4, -0.2) is 60.7 Å². The fourth-order valence-corrected chi connectivity index (χ4v) is 9.36. The van der Waals surface area contributed by atoms with E-state index in [9.17, 15) is 27.3 Å². The predicted molar refractivity (Wildman–Crippen MR) is 156 cm³/mol. The van der Waals surface area contributed by atoms with Gasteiger partial charge in [-0.25, -0.2) is 13.3 Å². The lowest BCUT2D eigenvalue weighted by atomic mass is 9.88. The van der Waals surface area contributed by atoms with Crippen LogP contribution in [0.3, 0.4) is 0 Å². The van der Waals surface area contributed by atoms with Crippen LogP contribution >= 0.6 is 15.6 Å². The Labute approximate surface area is 238 Å². The van der Waals surface area contributed by atoms with E-state index in [2.05, 4.69) is 12.2 Å². The molecule has 0 fully saturated rings. The van der Waals surface area contributed by atoms with E-state index in [0.29, 0.717) is 29.7 Å². The van der Waals surface area contributed by atoms with Crippen LogP contribution in [0.15, 0.2) is 47.4 Å². The Morgan fingerprint density at radius 3 is 2.48 bits per heavy atom. The van der Waals surface area contributed by atoms with Crippen molar-refractivity contribution in [3.05, 3.63) is 59.2 Å². The van der Waals surface area contributed by atoms with Crippen LogP contribution in [0.25, 0.3) is 0 Å². The summed E-state index contributed by atoms with van der Waals surface area (Å²) in [4.78, 5) is 21.3. The zero-order chi connectivity index (χ0) is 29.6. The van der Waals surface area contributed by atoms with Crippen molar-refractivity contribution in [3.63, 3.8) is 0 Å². The minimum absolute atomic E-state index is 0.00161. The second-order valence-corrected chi connectivity index (χ2v) is 15.0. The van der Waals surface area contributed by atoms with Gasteiger partial charge in [-0.3, -0.25) is 9.88 Å². The van der Waals surface area contributed by atoms with Crippen molar-refractivity contribution < 1.29 is 36.6 Å². The average Bonchev–Trinajstić information content (AvgIpc) is 2.99. The number of hydrogen-bond acceptors (Lipinski definition) is 8. The molecule has 0 bridgehead atoms. The molecule has 2 aromatic carbocycles. The molecule has 0 saturated heterocycles. The molecule has 1 aliphatic rings. The van der Waals surface area contributed by atoms with Gasteiger partial charge in [-0.15, -0.1) is 0 Å². The van der Waals surface area contributed by atoms with Crippen molar-refractivity contribution in [2.45, 2.75) is 69.5 Å². The average molecular weight is 616 g/mol.